The summed E-state index contributed by atoms with van der Waals surface area (Å²) >= 11 is 0. The van der Waals surface area contributed by atoms with E-state index in [9.17, 15) is 4.79 Å². The molecule has 15 heavy (non-hydrogen) atoms. The molecule has 82 valence electrons. The Labute approximate surface area is 91.1 Å². The van der Waals surface area contributed by atoms with E-state index in [1.54, 1.807) is 0 Å². The second-order valence-corrected chi connectivity index (χ2v) is 9.58. The minimum Gasteiger partial charge on any atom is -0.480 e. The standard InChI is InChI=1S/C11H17NO2Si/c1-15(2,3)10-7-5-4-6-9(10)12-8-11(13)14/h4-7,12H,8H2,1-3H3,(H,13,14). The molecule has 3 nitrogen and oxygen atoms in total. The molecule has 2 N–H and O–H groups in total. The zero-order valence-electron chi connectivity index (χ0n) is 9.37. The predicted octanol–water partition coefficient (Wildman–Crippen LogP) is 1.73. The van der Waals surface area contributed by atoms with Crippen molar-refractivity contribution >= 4 is 24.9 Å². The lowest BCUT2D eigenvalue weighted by molar-refractivity contribution is -0.134. The molecule has 0 bridgehead atoms. The van der Waals surface area contributed by atoms with Gasteiger partial charge in [-0.3, -0.25) is 4.79 Å². The monoisotopic (exact) mass is 223 g/mol. The van der Waals surface area contributed by atoms with Crippen LogP contribution in [0, 0.1) is 0 Å². The molecular formula is C11H17NO2Si. The molecule has 0 heterocycles. The Kier molecular flexibility index (Phi) is 3.52. The highest BCUT2D eigenvalue weighted by Crippen LogP contribution is 2.11. The van der Waals surface area contributed by atoms with Crippen molar-refractivity contribution in [3.63, 3.8) is 0 Å². The summed E-state index contributed by atoms with van der Waals surface area (Å²) in [5, 5.41) is 12.8. The number of rotatable bonds is 4. The van der Waals surface area contributed by atoms with Gasteiger partial charge in [-0.15, -0.1) is 0 Å². The summed E-state index contributed by atoms with van der Waals surface area (Å²) in [7, 11) is -1.41. The van der Waals surface area contributed by atoms with Crippen LogP contribution in [0.2, 0.25) is 19.6 Å². The molecular weight excluding hydrogens is 206 g/mol. The summed E-state index contributed by atoms with van der Waals surface area (Å²) in [5.41, 5.74) is 0.957. The van der Waals surface area contributed by atoms with Crippen LogP contribution < -0.4 is 10.5 Å². The first-order valence-corrected chi connectivity index (χ1v) is 8.46. The maximum Gasteiger partial charge on any atom is 0.322 e. The van der Waals surface area contributed by atoms with Gasteiger partial charge in [0.1, 0.15) is 6.54 Å². The topological polar surface area (TPSA) is 49.3 Å². The van der Waals surface area contributed by atoms with Gasteiger partial charge in [0, 0.05) is 5.69 Å². The molecule has 0 aliphatic rings. The van der Waals surface area contributed by atoms with Crippen LogP contribution in [0.1, 0.15) is 0 Å². The molecule has 0 radical (unpaired) electrons. The molecule has 0 aliphatic heterocycles. The number of para-hydroxylation sites is 1. The second kappa shape index (κ2) is 4.48. The van der Waals surface area contributed by atoms with Gasteiger partial charge in [0.25, 0.3) is 0 Å². The van der Waals surface area contributed by atoms with Crippen molar-refractivity contribution in [1.82, 2.24) is 0 Å². The third-order valence-electron chi connectivity index (χ3n) is 2.17. The fourth-order valence-electron chi connectivity index (χ4n) is 1.46. The van der Waals surface area contributed by atoms with Crippen LogP contribution in [0.3, 0.4) is 0 Å². The van der Waals surface area contributed by atoms with Gasteiger partial charge >= 0.3 is 5.97 Å². The van der Waals surface area contributed by atoms with Gasteiger partial charge in [-0.2, -0.15) is 0 Å². The van der Waals surface area contributed by atoms with Gasteiger partial charge in [0.2, 0.25) is 0 Å². The van der Waals surface area contributed by atoms with Crippen molar-refractivity contribution in [1.29, 1.82) is 0 Å². The Bertz CT molecular complexity index is 358. The average Bonchev–Trinajstić information content (AvgIpc) is 2.13. The number of carboxylic acids is 1. The minimum atomic E-state index is -1.41. The van der Waals surface area contributed by atoms with Gasteiger partial charge in [0.15, 0.2) is 0 Å². The maximum atomic E-state index is 10.5. The lowest BCUT2D eigenvalue weighted by Gasteiger charge is -2.21. The summed E-state index contributed by atoms with van der Waals surface area (Å²) in [6, 6.07) is 7.94. The van der Waals surface area contributed by atoms with Gasteiger partial charge < -0.3 is 10.4 Å². The smallest absolute Gasteiger partial charge is 0.322 e. The average molecular weight is 223 g/mol. The molecule has 0 atom stereocenters. The first-order chi connectivity index (χ1) is 6.91. The number of anilines is 1. The molecule has 0 spiro atoms. The van der Waals surface area contributed by atoms with Gasteiger partial charge in [-0.1, -0.05) is 37.8 Å². The van der Waals surface area contributed by atoms with Crippen molar-refractivity contribution in [3.05, 3.63) is 24.3 Å². The third kappa shape index (κ3) is 3.40. The summed E-state index contributed by atoms with van der Waals surface area (Å²) in [6.45, 7) is 6.71. The van der Waals surface area contributed by atoms with Crippen LogP contribution >= 0.6 is 0 Å². The molecule has 1 rings (SSSR count). The molecule has 0 fully saturated rings. The largest absolute Gasteiger partial charge is 0.480 e. The Morgan fingerprint density at radius 3 is 2.47 bits per heavy atom. The molecule has 1 aromatic rings. The highest BCUT2D eigenvalue weighted by Gasteiger charge is 2.19. The van der Waals surface area contributed by atoms with Crippen molar-refractivity contribution in [3.8, 4) is 0 Å². The first-order valence-electron chi connectivity index (χ1n) is 4.96. The van der Waals surface area contributed by atoms with E-state index in [0.29, 0.717) is 0 Å². The Morgan fingerprint density at radius 1 is 1.33 bits per heavy atom. The fourth-order valence-corrected chi connectivity index (χ4v) is 3.04. The number of carboxylic acid groups (broad SMARTS) is 1. The summed E-state index contributed by atoms with van der Waals surface area (Å²) in [4.78, 5) is 10.5. The van der Waals surface area contributed by atoms with E-state index >= 15 is 0 Å². The molecule has 4 heteroatoms. The van der Waals surface area contributed by atoms with E-state index in [-0.39, 0.29) is 6.54 Å². The SMILES string of the molecule is C[Si](C)(C)c1ccccc1NCC(=O)O. The highest BCUT2D eigenvalue weighted by molar-refractivity contribution is 6.89. The molecule has 1 aromatic carbocycles. The van der Waals surface area contributed by atoms with Crippen molar-refractivity contribution < 1.29 is 9.90 Å². The van der Waals surface area contributed by atoms with E-state index in [0.717, 1.165) is 5.69 Å². The number of hydrogen-bond acceptors (Lipinski definition) is 2. The van der Waals surface area contributed by atoms with Crippen molar-refractivity contribution in [2.75, 3.05) is 11.9 Å². The summed E-state index contributed by atoms with van der Waals surface area (Å²) < 4.78 is 0. The molecule has 0 amide bonds. The summed E-state index contributed by atoms with van der Waals surface area (Å²) in [6.07, 6.45) is 0. The van der Waals surface area contributed by atoms with E-state index < -0.39 is 14.0 Å². The quantitative estimate of drug-likeness (QED) is 0.764. The molecule has 0 aromatic heterocycles. The Hall–Kier alpha value is -1.29. The summed E-state index contributed by atoms with van der Waals surface area (Å²) in [5.74, 6) is -0.833. The molecule has 0 saturated carbocycles. The number of hydrogen-bond donors (Lipinski definition) is 2. The lowest BCUT2D eigenvalue weighted by atomic mass is 10.3. The fraction of sp³-hybridized carbons (Fsp3) is 0.364. The zero-order chi connectivity index (χ0) is 11.5. The predicted molar refractivity (Wildman–Crippen MR) is 65.5 cm³/mol. The van der Waals surface area contributed by atoms with E-state index in [2.05, 4.69) is 31.0 Å². The third-order valence-corrected chi connectivity index (χ3v) is 4.22. The minimum absolute atomic E-state index is 0.0263. The zero-order valence-corrected chi connectivity index (χ0v) is 10.4. The first kappa shape index (κ1) is 11.8. The number of nitrogens with one attached hydrogen (secondary N) is 1. The Morgan fingerprint density at radius 2 is 1.93 bits per heavy atom. The van der Waals surface area contributed by atoms with Crippen molar-refractivity contribution in [2.45, 2.75) is 19.6 Å². The van der Waals surface area contributed by atoms with Crippen molar-refractivity contribution in [2.24, 2.45) is 0 Å². The Balaban J connectivity index is 2.92. The molecule has 0 saturated heterocycles. The van der Waals surface area contributed by atoms with Crippen LogP contribution in [0.15, 0.2) is 24.3 Å². The highest BCUT2D eigenvalue weighted by atomic mass is 28.3. The van der Waals surface area contributed by atoms with Gasteiger partial charge in [-0.25, -0.2) is 0 Å². The van der Waals surface area contributed by atoms with Crippen LogP contribution in [-0.2, 0) is 4.79 Å². The van der Waals surface area contributed by atoms with E-state index in [4.69, 9.17) is 5.11 Å². The van der Waals surface area contributed by atoms with E-state index in [1.165, 1.54) is 5.19 Å². The maximum absolute atomic E-state index is 10.5. The van der Waals surface area contributed by atoms with E-state index in [1.807, 2.05) is 18.2 Å². The number of aliphatic carboxylic acids is 1. The van der Waals surface area contributed by atoms with Crippen LogP contribution in [0.5, 0.6) is 0 Å². The molecule has 0 unspecified atom stereocenters. The molecule has 0 aliphatic carbocycles. The number of carbonyl (C=O) groups is 1. The van der Waals surface area contributed by atoms with Crippen LogP contribution in [-0.4, -0.2) is 25.7 Å². The van der Waals surface area contributed by atoms with Crippen LogP contribution in [0.4, 0.5) is 5.69 Å². The normalized spacial score (nSPS) is 11.1. The van der Waals surface area contributed by atoms with Gasteiger partial charge in [0.05, 0.1) is 8.07 Å². The lowest BCUT2D eigenvalue weighted by Crippen LogP contribution is -2.39. The number of benzene rings is 1. The van der Waals surface area contributed by atoms with Crippen LogP contribution in [0.25, 0.3) is 0 Å². The second-order valence-electron chi connectivity index (χ2n) is 4.54. The van der Waals surface area contributed by atoms with Gasteiger partial charge in [-0.05, 0) is 11.3 Å².